The lowest BCUT2D eigenvalue weighted by atomic mass is 9.67. The molecule has 0 fully saturated rings. The third kappa shape index (κ3) is 4.45. The van der Waals surface area contributed by atoms with Gasteiger partial charge in [-0.25, -0.2) is 9.97 Å². The Bertz CT molecular complexity index is 3090. The van der Waals surface area contributed by atoms with Crippen LogP contribution in [0.3, 0.4) is 0 Å². The predicted octanol–water partition coefficient (Wildman–Crippen LogP) is 10.9. The first-order valence-corrected chi connectivity index (χ1v) is 19.1. The fourth-order valence-corrected chi connectivity index (χ4v) is 9.27. The summed E-state index contributed by atoms with van der Waals surface area (Å²) in [6.07, 6.45) is 3.64. The minimum absolute atomic E-state index is 0.477. The van der Waals surface area contributed by atoms with Crippen LogP contribution in [0.15, 0.2) is 188 Å². The van der Waals surface area contributed by atoms with Crippen LogP contribution in [0.5, 0.6) is 0 Å². The van der Waals surface area contributed by atoms with Gasteiger partial charge in [0.2, 0.25) is 11.9 Å². The zero-order chi connectivity index (χ0) is 37.5. The number of rotatable bonds is 5. The maximum absolute atomic E-state index is 5.32. The molecule has 0 aliphatic heterocycles. The Morgan fingerprint density at radius 1 is 0.386 bits per heavy atom. The van der Waals surface area contributed by atoms with Gasteiger partial charge < -0.3 is 0 Å². The molecule has 0 saturated heterocycles. The van der Waals surface area contributed by atoms with Crippen LogP contribution in [0, 0.1) is 0 Å². The second kappa shape index (κ2) is 12.1. The summed E-state index contributed by atoms with van der Waals surface area (Å²) in [5, 5.41) is 4.22. The van der Waals surface area contributed by atoms with Crippen molar-refractivity contribution in [2.45, 2.75) is 5.41 Å². The van der Waals surface area contributed by atoms with Crippen molar-refractivity contribution in [1.29, 1.82) is 0 Å². The van der Waals surface area contributed by atoms with Gasteiger partial charge in [0, 0.05) is 39.5 Å². The van der Waals surface area contributed by atoms with E-state index in [1.54, 1.807) is 0 Å². The van der Waals surface area contributed by atoms with Gasteiger partial charge >= 0.3 is 0 Å². The van der Waals surface area contributed by atoms with Crippen molar-refractivity contribution < 1.29 is 0 Å². The average Bonchev–Trinajstić information content (AvgIpc) is 3.91. The third-order valence-electron chi connectivity index (χ3n) is 11.6. The van der Waals surface area contributed by atoms with E-state index in [1.807, 2.05) is 36.7 Å². The Morgan fingerprint density at radius 3 is 1.47 bits per heavy atom. The van der Waals surface area contributed by atoms with E-state index in [0.29, 0.717) is 17.7 Å². The first-order valence-electron chi connectivity index (χ1n) is 19.1. The van der Waals surface area contributed by atoms with Crippen molar-refractivity contribution in [2.24, 2.45) is 0 Å². The van der Waals surface area contributed by atoms with Crippen LogP contribution >= 0.6 is 0 Å². The highest BCUT2D eigenvalue weighted by atomic mass is 15.3. The molecule has 0 spiro atoms. The highest BCUT2D eigenvalue weighted by Gasteiger charge is 2.46. The van der Waals surface area contributed by atoms with E-state index < -0.39 is 5.41 Å². The molecule has 0 bridgehead atoms. The first kappa shape index (κ1) is 31.6. The van der Waals surface area contributed by atoms with Gasteiger partial charge in [0.1, 0.15) is 11.3 Å². The number of hydrogen-bond donors (Lipinski definition) is 0. The fourth-order valence-electron chi connectivity index (χ4n) is 9.27. The number of benzene rings is 6. The van der Waals surface area contributed by atoms with E-state index >= 15 is 0 Å². The molecule has 0 radical (unpaired) electrons. The van der Waals surface area contributed by atoms with Crippen LogP contribution in [0.25, 0.3) is 78.3 Å². The largest absolute Gasteiger partial charge is 0.262 e. The number of pyridine rings is 2. The molecule has 266 valence electrons. The van der Waals surface area contributed by atoms with Gasteiger partial charge in [-0.3, -0.25) is 9.13 Å². The quantitative estimate of drug-likeness (QED) is 0.176. The van der Waals surface area contributed by atoms with Crippen molar-refractivity contribution in [3.63, 3.8) is 0 Å². The lowest BCUT2D eigenvalue weighted by Gasteiger charge is -2.33. The van der Waals surface area contributed by atoms with E-state index in [1.165, 1.54) is 27.8 Å². The molecule has 6 aromatic carbocycles. The molecule has 1 aliphatic carbocycles. The van der Waals surface area contributed by atoms with Crippen molar-refractivity contribution in [1.82, 2.24) is 34.1 Å². The van der Waals surface area contributed by atoms with E-state index in [2.05, 4.69) is 161 Å². The Hall–Kier alpha value is -7.77. The summed E-state index contributed by atoms with van der Waals surface area (Å²) < 4.78 is 4.11. The van der Waals surface area contributed by atoms with Crippen LogP contribution in [-0.4, -0.2) is 34.1 Å². The summed E-state index contributed by atoms with van der Waals surface area (Å²) in [5.41, 5.74) is 11.1. The van der Waals surface area contributed by atoms with Crippen LogP contribution in [0.4, 0.5) is 0 Å². The van der Waals surface area contributed by atoms with Gasteiger partial charge in [0.05, 0.1) is 16.4 Å². The van der Waals surface area contributed by atoms with Crippen LogP contribution in [0.2, 0.25) is 0 Å². The Balaban J connectivity index is 1.16. The number of para-hydroxylation sites is 2. The molecule has 0 saturated carbocycles. The molecule has 0 N–H and O–H groups in total. The number of aromatic nitrogens is 7. The predicted molar refractivity (Wildman–Crippen MR) is 227 cm³/mol. The molecule has 5 heterocycles. The molecule has 0 amide bonds. The van der Waals surface area contributed by atoms with Gasteiger partial charge in [0.25, 0.3) is 0 Å². The van der Waals surface area contributed by atoms with E-state index in [0.717, 1.165) is 55.0 Å². The molecule has 0 atom stereocenters. The normalized spacial score (nSPS) is 13.1. The maximum Gasteiger partial charge on any atom is 0.241 e. The zero-order valence-corrected chi connectivity index (χ0v) is 30.5. The lowest BCUT2D eigenvalue weighted by Crippen LogP contribution is -2.28. The zero-order valence-electron chi connectivity index (χ0n) is 30.5. The molecule has 7 nitrogen and oxygen atoms in total. The topological polar surface area (TPSA) is 74.3 Å². The van der Waals surface area contributed by atoms with Crippen molar-refractivity contribution in [3.05, 3.63) is 211 Å². The molecular formula is C50H31N7. The molecule has 7 heteroatoms. The lowest BCUT2D eigenvalue weighted by molar-refractivity contribution is 0.768. The maximum atomic E-state index is 5.32. The summed E-state index contributed by atoms with van der Waals surface area (Å²) in [6.45, 7) is 0. The van der Waals surface area contributed by atoms with Crippen LogP contribution in [0.1, 0.15) is 22.3 Å². The van der Waals surface area contributed by atoms with Gasteiger partial charge in [-0.1, -0.05) is 133 Å². The number of nitrogens with zero attached hydrogens (tertiary/aromatic N) is 7. The summed E-state index contributed by atoms with van der Waals surface area (Å²) in [7, 11) is 0. The minimum Gasteiger partial charge on any atom is -0.262 e. The number of fused-ring (bicyclic) bond motifs is 9. The van der Waals surface area contributed by atoms with E-state index in [4.69, 9.17) is 24.9 Å². The molecule has 57 heavy (non-hydrogen) atoms. The highest BCUT2D eigenvalue weighted by Crippen LogP contribution is 2.56. The number of hydrogen-bond acceptors (Lipinski definition) is 5. The highest BCUT2D eigenvalue weighted by molar-refractivity contribution is 6.08. The van der Waals surface area contributed by atoms with Crippen molar-refractivity contribution >= 4 is 43.9 Å². The monoisotopic (exact) mass is 729 g/mol. The molecule has 12 rings (SSSR count). The fraction of sp³-hybridized carbons (Fsp3) is 0.0200. The second-order valence-corrected chi connectivity index (χ2v) is 14.5. The van der Waals surface area contributed by atoms with E-state index in [9.17, 15) is 0 Å². The van der Waals surface area contributed by atoms with Crippen LogP contribution in [-0.2, 0) is 5.41 Å². The van der Waals surface area contributed by atoms with Gasteiger partial charge in [0.15, 0.2) is 5.82 Å². The van der Waals surface area contributed by atoms with Crippen molar-refractivity contribution in [3.8, 4) is 34.4 Å². The Kier molecular flexibility index (Phi) is 6.71. The summed E-state index contributed by atoms with van der Waals surface area (Å²) >= 11 is 0. The molecule has 5 aromatic heterocycles. The second-order valence-electron chi connectivity index (χ2n) is 14.5. The van der Waals surface area contributed by atoms with Crippen LogP contribution < -0.4 is 0 Å². The molecular weight excluding hydrogens is 699 g/mol. The van der Waals surface area contributed by atoms with E-state index in [-0.39, 0.29) is 0 Å². The SMILES string of the molecule is c1ccc(C2(c3ccccc3)c3ccccc3-c3cc(-c4nc(-n5c6ccccc6c6cccnc65)nc(-n5c6ccccc6c6cccnc65)n4)ccc32)cc1. The average molecular weight is 730 g/mol. The smallest absolute Gasteiger partial charge is 0.241 e. The molecule has 1 aliphatic rings. The first-order chi connectivity index (χ1) is 28.3. The van der Waals surface area contributed by atoms with Gasteiger partial charge in [-0.2, -0.15) is 15.0 Å². The summed E-state index contributed by atoms with van der Waals surface area (Å²) in [4.78, 5) is 25.7. The summed E-state index contributed by atoms with van der Waals surface area (Å²) in [5.74, 6) is 1.51. The third-order valence-corrected chi connectivity index (χ3v) is 11.6. The van der Waals surface area contributed by atoms with Crippen molar-refractivity contribution in [2.75, 3.05) is 0 Å². The molecule has 11 aromatic rings. The van der Waals surface area contributed by atoms with Gasteiger partial charge in [-0.05, 0) is 75.8 Å². The molecule has 0 unspecified atom stereocenters. The summed E-state index contributed by atoms with van der Waals surface area (Å²) in [6, 6.07) is 62.0. The Labute approximate surface area is 327 Å². The van der Waals surface area contributed by atoms with Gasteiger partial charge in [-0.15, -0.1) is 0 Å². The Morgan fingerprint density at radius 2 is 0.877 bits per heavy atom. The standard InChI is InChI=1S/C50H31N7/c1-3-15-33(16-4-1)50(34-17-5-2-6-18-34)41-24-10-7-19-35(41)40-31-32(27-28-42(40)50)45-53-48(56-43-25-11-8-20-36(43)38-22-13-29-51-46(38)56)55-49(54-45)57-44-26-12-9-21-37(44)39-23-14-30-52-47(39)57/h1-31H. The minimum atomic E-state index is -0.508.